The van der Waals surface area contributed by atoms with E-state index in [0.29, 0.717) is 6.04 Å². The summed E-state index contributed by atoms with van der Waals surface area (Å²) in [6.07, 6.45) is 3.63. The van der Waals surface area contributed by atoms with Crippen LogP contribution in [0.3, 0.4) is 0 Å². The summed E-state index contributed by atoms with van der Waals surface area (Å²) in [4.78, 5) is 2.57. The zero-order valence-electron chi connectivity index (χ0n) is 10.7. The molecule has 1 aromatic carbocycles. The highest BCUT2D eigenvalue weighted by Gasteiger charge is 2.33. The highest BCUT2D eigenvalue weighted by atomic mass is 19.1. The maximum atomic E-state index is 12.8. The van der Waals surface area contributed by atoms with Crippen LogP contribution in [0.4, 0.5) is 4.39 Å². The second-order valence-corrected chi connectivity index (χ2v) is 5.58. The van der Waals surface area contributed by atoms with Crippen LogP contribution in [0, 0.1) is 11.7 Å². The van der Waals surface area contributed by atoms with Gasteiger partial charge in [0.05, 0.1) is 0 Å². The summed E-state index contributed by atoms with van der Waals surface area (Å²) >= 11 is 0. The van der Waals surface area contributed by atoms with E-state index in [1.54, 1.807) is 12.1 Å². The molecule has 18 heavy (non-hydrogen) atoms. The Morgan fingerprint density at radius 1 is 1.17 bits per heavy atom. The van der Waals surface area contributed by atoms with Gasteiger partial charge >= 0.3 is 0 Å². The van der Waals surface area contributed by atoms with Crippen molar-refractivity contribution < 1.29 is 4.39 Å². The Hall–Kier alpha value is -0.930. The first-order valence-electron chi connectivity index (χ1n) is 7.01. The van der Waals surface area contributed by atoms with Gasteiger partial charge in [-0.05, 0) is 62.5 Å². The fraction of sp³-hybridized carbons (Fsp3) is 0.600. The van der Waals surface area contributed by atoms with Crippen molar-refractivity contribution in [2.75, 3.05) is 26.2 Å². The van der Waals surface area contributed by atoms with E-state index in [-0.39, 0.29) is 5.82 Å². The second-order valence-electron chi connectivity index (χ2n) is 5.58. The molecule has 0 radical (unpaired) electrons. The van der Waals surface area contributed by atoms with Crippen LogP contribution in [-0.2, 0) is 6.42 Å². The van der Waals surface area contributed by atoms with E-state index in [9.17, 15) is 4.39 Å². The first-order valence-corrected chi connectivity index (χ1v) is 7.01. The van der Waals surface area contributed by atoms with Gasteiger partial charge in [0.15, 0.2) is 0 Å². The predicted molar refractivity (Wildman–Crippen MR) is 71.1 cm³/mol. The first kappa shape index (κ1) is 12.1. The molecule has 2 aliphatic rings. The van der Waals surface area contributed by atoms with Gasteiger partial charge in [0.25, 0.3) is 0 Å². The van der Waals surface area contributed by atoms with Crippen LogP contribution in [0.2, 0.25) is 0 Å². The Morgan fingerprint density at radius 3 is 2.78 bits per heavy atom. The fourth-order valence-electron chi connectivity index (χ4n) is 3.27. The molecule has 3 heteroatoms. The minimum absolute atomic E-state index is 0.148. The second kappa shape index (κ2) is 5.37. The highest BCUT2D eigenvalue weighted by Crippen LogP contribution is 2.26. The Labute approximate surface area is 108 Å². The molecule has 2 bridgehead atoms. The number of piperidine rings is 1. The molecule has 3 atom stereocenters. The van der Waals surface area contributed by atoms with E-state index in [1.165, 1.54) is 38.0 Å². The van der Waals surface area contributed by atoms with E-state index in [0.717, 1.165) is 18.9 Å². The third-order valence-corrected chi connectivity index (χ3v) is 4.37. The Bertz CT molecular complexity index is 390. The molecule has 1 aromatic rings. The number of rotatable bonds is 4. The molecule has 1 N–H and O–H groups in total. The lowest BCUT2D eigenvalue weighted by Gasteiger charge is -2.31. The smallest absolute Gasteiger partial charge is 0.123 e. The van der Waals surface area contributed by atoms with Crippen LogP contribution in [0.5, 0.6) is 0 Å². The highest BCUT2D eigenvalue weighted by molar-refractivity contribution is 5.16. The molecule has 98 valence electrons. The van der Waals surface area contributed by atoms with E-state index in [4.69, 9.17) is 0 Å². The molecule has 0 amide bonds. The predicted octanol–water partition coefficient (Wildman–Crippen LogP) is 2.05. The van der Waals surface area contributed by atoms with Crippen molar-refractivity contribution in [2.45, 2.75) is 25.3 Å². The minimum atomic E-state index is -0.148. The maximum absolute atomic E-state index is 12.8. The lowest BCUT2D eigenvalue weighted by Crippen LogP contribution is -2.44. The van der Waals surface area contributed by atoms with Gasteiger partial charge in [0.2, 0.25) is 0 Å². The van der Waals surface area contributed by atoms with Gasteiger partial charge in [-0.2, -0.15) is 0 Å². The Morgan fingerprint density at radius 2 is 1.94 bits per heavy atom. The van der Waals surface area contributed by atoms with E-state index in [1.807, 2.05) is 12.1 Å². The Balaban J connectivity index is 1.45. The first-order chi connectivity index (χ1) is 8.81. The summed E-state index contributed by atoms with van der Waals surface area (Å²) in [5, 5.41) is 3.69. The van der Waals surface area contributed by atoms with Gasteiger partial charge in [0.1, 0.15) is 5.82 Å². The van der Waals surface area contributed by atoms with Gasteiger partial charge in [0, 0.05) is 12.6 Å². The summed E-state index contributed by atoms with van der Waals surface area (Å²) in [6, 6.07) is 7.56. The number of halogens is 1. The number of benzene rings is 1. The normalized spacial score (nSPS) is 30.6. The molecule has 2 fully saturated rings. The molecule has 3 unspecified atom stereocenters. The number of nitrogens with zero attached hydrogens (tertiary/aromatic N) is 1. The van der Waals surface area contributed by atoms with E-state index < -0.39 is 0 Å². The number of fused-ring (bicyclic) bond motifs is 2. The standard InChI is InChI=1S/C15H21FN2/c16-14-3-1-12(2-4-14)5-8-17-15-7-10-18-9-6-13(15)11-18/h1-4,13,15,17H,5-11H2. The molecule has 2 aliphatic heterocycles. The third-order valence-electron chi connectivity index (χ3n) is 4.37. The lowest BCUT2D eigenvalue weighted by molar-refractivity contribution is 0.222. The zero-order chi connectivity index (χ0) is 12.4. The van der Waals surface area contributed by atoms with Crippen molar-refractivity contribution in [3.8, 4) is 0 Å². The van der Waals surface area contributed by atoms with E-state index in [2.05, 4.69) is 10.2 Å². The van der Waals surface area contributed by atoms with Crippen molar-refractivity contribution >= 4 is 0 Å². The van der Waals surface area contributed by atoms with Gasteiger partial charge < -0.3 is 10.2 Å². The van der Waals surface area contributed by atoms with Gasteiger partial charge in [-0.3, -0.25) is 0 Å². The third kappa shape index (κ3) is 2.73. The van der Waals surface area contributed by atoms with Crippen molar-refractivity contribution in [1.29, 1.82) is 0 Å². The summed E-state index contributed by atoms with van der Waals surface area (Å²) in [7, 11) is 0. The average Bonchev–Trinajstić information content (AvgIpc) is 2.77. The van der Waals surface area contributed by atoms with Crippen LogP contribution >= 0.6 is 0 Å². The van der Waals surface area contributed by atoms with Crippen LogP contribution < -0.4 is 5.32 Å². The number of nitrogens with one attached hydrogen (secondary N) is 1. The summed E-state index contributed by atoms with van der Waals surface area (Å²) in [5.41, 5.74) is 1.22. The molecule has 2 nitrogen and oxygen atoms in total. The molecular weight excluding hydrogens is 227 g/mol. The molecule has 0 aromatic heterocycles. The van der Waals surface area contributed by atoms with Crippen molar-refractivity contribution in [3.63, 3.8) is 0 Å². The van der Waals surface area contributed by atoms with Crippen LogP contribution in [0.1, 0.15) is 18.4 Å². The van der Waals surface area contributed by atoms with Crippen molar-refractivity contribution in [2.24, 2.45) is 5.92 Å². The van der Waals surface area contributed by atoms with Gasteiger partial charge in [-0.15, -0.1) is 0 Å². The van der Waals surface area contributed by atoms with Crippen LogP contribution in [-0.4, -0.2) is 37.1 Å². The molecular formula is C15H21FN2. The molecule has 0 aliphatic carbocycles. The summed E-state index contributed by atoms with van der Waals surface area (Å²) < 4.78 is 12.8. The summed E-state index contributed by atoms with van der Waals surface area (Å²) in [5.74, 6) is 0.706. The lowest BCUT2D eigenvalue weighted by atomic mass is 9.94. The number of hydrogen-bond donors (Lipinski definition) is 1. The molecule has 2 saturated heterocycles. The Kier molecular flexibility index (Phi) is 3.62. The van der Waals surface area contributed by atoms with Gasteiger partial charge in [-0.25, -0.2) is 4.39 Å². The SMILES string of the molecule is Fc1ccc(CCNC2CCN3CCC2C3)cc1. The van der Waals surface area contributed by atoms with Crippen molar-refractivity contribution in [3.05, 3.63) is 35.6 Å². The summed E-state index contributed by atoms with van der Waals surface area (Å²) in [6.45, 7) is 4.84. The maximum Gasteiger partial charge on any atom is 0.123 e. The topological polar surface area (TPSA) is 15.3 Å². The molecule has 2 heterocycles. The fourth-order valence-corrected chi connectivity index (χ4v) is 3.27. The molecule has 0 spiro atoms. The quantitative estimate of drug-likeness (QED) is 0.877. The number of hydrogen-bond acceptors (Lipinski definition) is 2. The molecule has 3 rings (SSSR count). The largest absolute Gasteiger partial charge is 0.313 e. The van der Waals surface area contributed by atoms with Gasteiger partial charge in [-0.1, -0.05) is 12.1 Å². The minimum Gasteiger partial charge on any atom is -0.313 e. The van der Waals surface area contributed by atoms with Crippen molar-refractivity contribution in [1.82, 2.24) is 10.2 Å². The monoisotopic (exact) mass is 248 g/mol. The van der Waals surface area contributed by atoms with E-state index >= 15 is 0 Å². The van der Waals surface area contributed by atoms with Crippen LogP contribution in [0.15, 0.2) is 24.3 Å². The molecule has 0 saturated carbocycles. The zero-order valence-corrected chi connectivity index (χ0v) is 10.7. The average molecular weight is 248 g/mol. The van der Waals surface area contributed by atoms with Crippen LogP contribution in [0.25, 0.3) is 0 Å².